The van der Waals surface area contributed by atoms with E-state index in [-0.39, 0.29) is 35.5 Å². The molecule has 2 aromatic carbocycles. The van der Waals surface area contributed by atoms with Gasteiger partial charge in [0.15, 0.2) is 15.8 Å². The van der Waals surface area contributed by atoms with Crippen LogP contribution in [0.15, 0.2) is 53.5 Å². The fourth-order valence-corrected chi connectivity index (χ4v) is 3.91. The molecule has 0 unspecified atom stereocenters. The zero-order valence-electron chi connectivity index (χ0n) is 17.5. The molecule has 0 aromatic heterocycles. The molecule has 0 heterocycles. The lowest BCUT2D eigenvalue weighted by Crippen LogP contribution is -2.37. The predicted octanol–water partition coefficient (Wildman–Crippen LogP) is 4.07. The van der Waals surface area contributed by atoms with Crippen LogP contribution in [0.25, 0.3) is 0 Å². The first kappa shape index (κ1) is 26.4. The molecular formula is C22H31FIN3O2S. The van der Waals surface area contributed by atoms with Gasteiger partial charge in [-0.2, -0.15) is 0 Å². The van der Waals surface area contributed by atoms with Gasteiger partial charge < -0.3 is 10.6 Å². The van der Waals surface area contributed by atoms with E-state index in [1.54, 1.807) is 7.05 Å². The summed E-state index contributed by atoms with van der Waals surface area (Å²) in [5.41, 5.74) is 2.57. The van der Waals surface area contributed by atoms with E-state index < -0.39 is 9.84 Å². The molecule has 0 amide bonds. The number of sulfone groups is 1. The molecule has 2 aromatic rings. The number of aryl methyl sites for hydroxylation is 1. The van der Waals surface area contributed by atoms with Crippen LogP contribution < -0.4 is 10.6 Å². The summed E-state index contributed by atoms with van der Waals surface area (Å²) >= 11 is 0. The van der Waals surface area contributed by atoms with E-state index in [9.17, 15) is 12.8 Å². The second-order valence-corrected chi connectivity index (χ2v) is 9.27. The normalized spacial score (nSPS) is 11.6. The molecule has 0 aliphatic carbocycles. The van der Waals surface area contributed by atoms with Gasteiger partial charge in [-0.25, -0.2) is 12.8 Å². The van der Waals surface area contributed by atoms with E-state index in [1.807, 2.05) is 6.07 Å². The average Bonchev–Trinajstić information content (AvgIpc) is 2.68. The van der Waals surface area contributed by atoms with Crippen molar-refractivity contribution in [3.8, 4) is 0 Å². The van der Waals surface area contributed by atoms with Crippen LogP contribution in [0.4, 0.5) is 4.39 Å². The summed E-state index contributed by atoms with van der Waals surface area (Å²) in [5.74, 6) is 0.112. The van der Waals surface area contributed by atoms with Gasteiger partial charge in [0.1, 0.15) is 5.82 Å². The molecule has 8 heteroatoms. The molecule has 0 bridgehead atoms. The van der Waals surface area contributed by atoms with E-state index in [2.05, 4.69) is 39.9 Å². The number of hydrogen-bond donors (Lipinski definition) is 2. The zero-order chi connectivity index (χ0) is 21.1. The molecule has 5 nitrogen and oxygen atoms in total. The van der Waals surface area contributed by atoms with Gasteiger partial charge in [0.05, 0.1) is 5.75 Å². The summed E-state index contributed by atoms with van der Waals surface area (Å²) in [6.45, 7) is 1.09. The molecule has 0 saturated heterocycles. The second kappa shape index (κ2) is 13.6. The van der Waals surface area contributed by atoms with Crippen LogP contribution in [0.3, 0.4) is 0 Å². The minimum Gasteiger partial charge on any atom is -0.356 e. The second-order valence-electron chi connectivity index (χ2n) is 7.13. The van der Waals surface area contributed by atoms with Crippen LogP contribution in [0.2, 0.25) is 0 Å². The Morgan fingerprint density at radius 1 is 1.00 bits per heavy atom. The molecule has 0 aliphatic heterocycles. The summed E-state index contributed by atoms with van der Waals surface area (Å²) in [6.07, 6.45) is 5.52. The predicted molar refractivity (Wildman–Crippen MR) is 133 cm³/mol. The summed E-state index contributed by atoms with van der Waals surface area (Å²) in [4.78, 5) is 4.18. The first-order chi connectivity index (χ1) is 13.9. The lowest BCUT2D eigenvalue weighted by molar-refractivity contribution is 0.599. The Bertz CT molecular complexity index is 906. The van der Waals surface area contributed by atoms with E-state index in [0.29, 0.717) is 23.6 Å². The van der Waals surface area contributed by atoms with Gasteiger partial charge in [0.2, 0.25) is 0 Å². The van der Waals surface area contributed by atoms with Crippen LogP contribution in [-0.4, -0.2) is 34.2 Å². The third kappa shape index (κ3) is 10.4. The molecule has 0 fully saturated rings. The van der Waals surface area contributed by atoms with Gasteiger partial charge in [-0.15, -0.1) is 24.0 Å². The van der Waals surface area contributed by atoms with Crippen LogP contribution in [0.5, 0.6) is 0 Å². The highest BCUT2D eigenvalue weighted by Crippen LogP contribution is 2.14. The van der Waals surface area contributed by atoms with E-state index in [0.717, 1.165) is 32.2 Å². The van der Waals surface area contributed by atoms with Gasteiger partial charge in [-0.3, -0.25) is 4.99 Å². The van der Waals surface area contributed by atoms with E-state index >= 15 is 0 Å². The van der Waals surface area contributed by atoms with Crippen molar-refractivity contribution in [2.45, 2.75) is 38.0 Å². The van der Waals surface area contributed by atoms with Gasteiger partial charge in [0, 0.05) is 26.4 Å². The van der Waals surface area contributed by atoms with Crippen LogP contribution in [0, 0.1) is 5.82 Å². The first-order valence-electron chi connectivity index (χ1n) is 9.81. The third-order valence-electron chi connectivity index (χ3n) is 4.53. The molecule has 0 atom stereocenters. The van der Waals surface area contributed by atoms with Crippen molar-refractivity contribution in [1.29, 1.82) is 0 Å². The Balaban J connectivity index is 0.00000450. The highest BCUT2D eigenvalue weighted by atomic mass is 127. The maximum Gasteiger partial charge on any atom is 0.191 e. The van der Waals surface area contributed by atoms with Crippen molar-refractivity contribution in [3.05, 3.63) is 71.0 Å². The van der Waals surface area contributed by atoms with Crippen molar-refractivity contribution in [2.75, 3.05) is 19.8 Å². The molecule has 166 valence electrons. The fraction of sp³-hybridized carbons (Fsp3) is 0.409. The highest BCUT2D eigenvalue weighted by molar-refractivity contribution is 14.0. The number of benzene rings is 2. The van der Waals surface area contributed by atoms with E-state index in [1.165, 1.54) is 30.0 Å². The molecule has 2 N–H and O–H groups in total. The number of aliphatic imine (C=N–C) groups is 1. The minimum atomic E-state index is -3.20. The topological polar surface area (TPSA) is 70.6 Å². The number of nitrogens with zero attached hydrogens (tertiary/aromatic N) is 1. The maximum absolute atomic E-state index is 13.6. The monoisotopic (exact) mass is 547 g/mol. The van der Waals surface area contributed by atoms with Gasteiger partial charge in [-0.05, 0) is 48.1 Å². The van der Waals surface area contributed by atoms with Crippen LogP contribution in [-0.2, 0) is 28.6 Å². The highest BCUT2D eigenvalue weighted by Gasteiger charge is 2.11. The van der Waals surface area contributed by atoms with Crippen LogP contribution in [0.1, 0.15) is 36.0 Å². The molecule has 0 saturated carbocycles. The summed E-state index contributed by atoms with van der Waals surface area (Å²) in [7, 11) is -1.52. The first-order valence-corrected chi connectivity index (χ1v) is 11.9. The van der Waals surface area contributed by atoms with Crippen molar-refractivity contribution in [2.24, 2.45) is 4.99 Å². The lowest BCUT2D eigenvalue weighted by atomic mass is 10.1. The quantitative estimate of drug-likeness (QED) is 0.204. The van der Waals surface area contributed by atoms with E-state index in [4.69, 9.17) is 0 Å². The molecule has 0 spiro atoms. The Morgan fingerprint density at radius 2 is 1.73 bits per heavy atom. The number of unbranched alkanes of at least 4 members (excludes halogenated alkanes) is 2. The average molecular weight is 547 g/mol. The maximum atomic E-state index is 13.6. The Hall–Kier alpha value is -1.68. The number of halogens is 2. The van der Waals surface area contributed by atoms with Crippen molar-refractivity contribution < 1.29 is 12.8 Å². The molecule has 0 radical (unpaired) electrons. The molecule has 0 aliphatic rings. The summed E-state index contributed by atoms with van der Waals surface area (Å²) < 4.78 is 36.8. The summed E-state index contributed by atoms with van der Waals surface area (Å²) in [5, 5.41) is 6.38. The fourth-order valence-electron chi connectivity index (χ4n) is 3.06. The third-order valence-corrected chi connectivity index (χ3v) is 5.37. The molecule has 30 heavy (non-hydrogen) atoms. The molecular weight excluding hydrogens is 516 g/mol. The number of guanidine groups is 1. The number of nitrogens with one attached hydrogen (secondary N) is 2. The minimum absolute atomic E-state index is 0. The Kier molecular flexibility index (Phi) is 11.9. The van der Waals surface area contributed by atoms with Crippen LogP contribution >= 0.6 is 24.0 Å². The molecule has 2 rings (SSSR count). The van der Waals surface area contributed by atoms with Crippen molar-refractivity contribution in [3.63, 3.8) is 0 Å². The SMILES string of the molecule is CN=C(NCCCCCc1ccccc1)NCc1cc(F)ccc1CS(C)(=O)=O.I. The van der Waals surface area contributed by atoms with Gasteiger partial charge in [0.25, 0.3) is 0 Å². The summed E-state index contributed by atoms with van der Waals surface area (Å²) in [6, 6.07) is 14.6. The Morgan fingerprint density at radius 3 is 2.40 bits per heavy atom. The smallest absolute Gasteiger partial charge is 0.191 e. The standard InChI is InChI=1S/C22H30FN3O2S.HI/c1-24-22(25-14-8-4-7-11-18-9-5-3-6-10-18)26-16-20-15-21(23)13-12-19(20)17-29(2,27)28;/h3,5-6,9-10,12-13,15H,4,7-8,11,14,16-17H2,1-2H3,(H2,24,25,26);1H. The van der Waals surface area contributed by atoms with Gasteiger partial charge in [-0.1, -0.05) is 42.8 Å². The zero-order valence-corrected chi connectivity index (χ0v) is 20.7. The number of hydrogen-bond acceptors (Lipinski definition) is 3. The van der Waals surface area contributed by atoms with Gasteiger partial charge >= 0.3 is 0 Å². The van der Waals surface area contributed by atoms with Crippen molar-refractivity contribution >= 4 is 39.8 Å². The largest absolute Gasteiger partial charge is 0.356 e. The Labute approximate surface area is 196 Å². The lowest BCUT2D eigenvalue weighted by Gasteiger charge is -2.14. The number of rotatable bonds is 10. The van der Waals surface area contributed by atoms with Crippen molar-refractivity contribution in [1.82, 2.24) is 10.6 Å².